The quantitative estimate of drug-likeness (QED) is 0.726. The minimum atomic E-state index is -0.981. The van der Waals surface area contributed by atoms with Crippen LogP contribution in [0.3, 0.4) is 0 Å². The molecule has 4 heteroatoms. The summed E-state index contributed by atoms with van der Waals surface area (Å²) in [4.78, 5) is 10.7. The second kappa shape index (κ2) is 4.60. The zero-order valence-electron chi connectivity index (χ0n) is 8.23. The summed E-state index contributed by atoms with van der Waals surface area (Å²) in [7, 11) is 0. The summed E-state index contributed by atoms with van der Waals surface area (Å²) in [5, 5.41) is 12.7. The fourth-order valence-corrected chi connectivity index (χ4v) is 1.30. The lowest BCUT2D eigenvalue weighted by molar-refractivity contribution is 0.0689. The van der Waals surface area contributed by atoms with Crippen LogP contribution in [0.4, 0.5) is 0 Å². The fraction of sp³-hybridized carbons (Fsp3) is 0.400. The molecular formula is C10H14N2O2. The second-order valence-corrected chi connectivity index (χ2v) is 3.05. The van der Waals surface area contributed by atoms with E-state index in [-0.39, 0.29) is 5.69 Å². The molecule has 0 radical (unpaired) electrons. The molecule has 4 nitrogen and oxygen atoms in total. The highest BCUT2D eigenvalue weighted by Gasteiger charge is 2.11. The Kier molecular flexibility index (Phi) is 3.45. The highest BCUT2D eigenvalue weighted by molar-refractivity contribution is 5.85. The molecule has 1 heterocycles. The standard InChI is InChI=1S/C10H14N2O2/c1-3-5-8-7-9(10(13)14)11-12(8)6-4-2/h4,7H,2-3,5-6H2,1H3,(H,13,14). The fourth-order valence-electron chi connectivity index (χ4n) is 1.30. The number of nitrogens with zero attached hydrogens (tertiary/aromatic N) is 2. The summed E-state index contributed by atoms with van der Waals surface area (Å²) in [5.41, 5.74) is 1.06. The van der Waals surface area contributed by atoms with E-state index in [4.69, 9.17) is 5.11 Å². The summed E-state index contributed by atoms with van der Waals surface area (Å²) in [5.74, 6) is -0.981. The minimum absolute atomic E-state index is 0.107. The zero-order chi connectivity index (χ0) is 10.6. The lowest BCUT2D eigenvalue weighted by atomic mass is 10.2. The van der Waals surface area contributed by atoms with E-state index in [2.05, 4.69) is 11.7 Å². The van der Waals surface area contributed by atoms with Gasteiger partial charge in [0.05, 0.1) is 6.54 Å². The first-order valence-electron chi connectivity index (χ1n) is 4.60. The Balaban J connectivity index is 2.98. The largest absolute Gasteiger partial charge is 0.476 e. The van der Waals surface area contributed by atoms with E-state index in [0.717, 1.165) is 18.5 Å². The van der Waals surface area contributed by atoms with Crippen LogP contribution in [0, 0.1) is 0 Å². The lowest BCUT2D eigenvalue weighted by Crippen LogP contribution is -2.04. The molecule has 1 rings (SSSR count). The molecule has 0 aliphatic carbocycles. The van der Waals surface area contributed by atoms with Gasteiger partial charge in [-0.15, -0.1) is 6.58 Å². The maximum atomic E-state index is 10.7. The molecule has 0 aromatic carbocycles. The molecule has 14 heavy (non-hydrogen) atoms. The normalized spacial score (nSPS) is 10.1. The molecular weight excluding hydrogens is 180 g/mol. The van der Waals surface area contributed by atoms with Gasteiger partial charge in [0.1, 0.15) is 0 Å². The second-order valence-electron chi connectivity index (χ2n) is 3.05. The van der Waals surface area contributed by atoms with E-state index in [1.54, 1.807) is 16.8 Å². The van der Waals surface area contributed by atoms with E-state index in [1.807, 2.05) is 6.92 Å². The Morgan fingerprint density at radius 3 is 3.00 bits per heavy atom. The maximum absolute atomic E-state index is 10.7. The van der Waals surface area contributed by atoms with Gasteiger partial charge in [0.15, 0.2) is 5.69 Å². The van der Waals surface area contributed by atoms with Crippen molar-refractivity contribution in [1.29, 1.82) is 0 Å². The molecule has 1 N–H and O–H groups in total. The molecule has 0 fully saturated rings. The first-order chi connectivity index (χ1) is 6.69. The Morgan fingerprint density at radius 1 is 1.79 bits per heavy atom. The number of hydrogen-bond acceptors (Lipinski definition) is 2. The third-order valence-corrected chi connectivity index (χ3v) is 1.89. The molecule has 76 valence electrons. The van der Waals surface area contributed by atoms with Crippen molar-refractivity contribution < 1.29 is 9.90 Å². The SMILES string of the molecule is C=CCn1nc(C(=O)O)cc1CCC. The molecule has 1 aromatic heterocycles. The van der Waals surface area contributed by atoms with Gasteiger partial charge in [-0.1, -0.05) is 19.4 Å². The first kappa shape index (κ1) is 10.5. The predicted octanol–water partition coefficient (Wildman–Crippen LogP) is 1.72. The minimum Gasteiger partial charge on any atom is -0.476 e. The highest BCUT2D eigenvalue weighted by Crippen LogP contribution is 2.07. The molecule has 0 bridgehead atoms. The third-order valence-electron chi connectivity index (χ3n) is 1.89. The van der Waals surface area contributed by atoms with Crippen molar-refractivity contribution >= 4 is 5.97 Å². The number of carboxylic acids is 1. The molecule has 0 amide bonds. The number of aromatic nitrogens is 2. The highest BCUT2D eigenvalue weighted by atomic mass is 16.4. The molecule has 0 aliphatic heterocycles. The summed E-state index contributed by atoms with van der Waals surface area (Å²) >= 11 is 0. The summed E-state index contributed by atoms with van der Waals surface area (Å²) in [6.45, 7) is 6.21. The monoisotopic (exact) mass is 194 g/mol. The molecule has 0 unspecified atom stereocenters. The van der Waals surface area contributed by atoms with Crippen LogP contribution in [-0.2, 0) is 13.0 Å². The van der Waals surface area contributed by atoms with E-state index in [0.29, 0.717) is 6.54 Å². The van der Waals surface area contributed by atoms with Crippen molar-refractivity contribution in [2.45, 2.75) is 26.3 Å². The number of aryl methyl sites for hydroxylation is 1. The third kappa shape index (κ3) is 2.22. The number of carbonyl (C=O) groups is 1. The Labute approximate surface area is 82.9 Å². The number of rotatable bonds is 5. The van der Waals surface area contributed by atoms with E-state index < -0.39 is 5.97 Å². The number of allylic oxidation sites excluding steroid dienone is 1. The van der Waals surface area contributed by atoms with E-state index in [1.165, 1.54) is 0 Å². The maximum Gasteiger partial charge on any atom is 0.356 e. The Bertz CT molecular complexity index is 342. The lowest BCUT2D eigenvalue weighted by Gasteiger charge is -2.01. The Hall–Kier alpha value is -1.58. The molecule has 1 aromatic rings. The molecule has 0 saturated carbocycles. The van der Waals surface area contributed by atoms with Crippen LogP contribution >= 0.6 is 0 Å². The van der Waals surface area contributed by atoms with Gasteiger partial charge in [-0.25, -0.2) is 4.79 Å². The topological polar surface area (TPSA) is 55.1 Å². The predicted molar refractivity (Wildman–Crippen MR) is 53.4 cm³/mol. The van der Waals surface area contributed by atoms with Crippen molar-refractivity contribution in [2.24, 2.45) is 0 Å². The average Bonchev–Trinajstić information content (AvgIpc) is 2.50. The van der Waals surface area contributed by atoms with E-state index >= 15 is 0 Å². The number of hydrogen-bond donors (Lipinski definition) is 1. The van der Waals surface area contributed by atoms with Crippen LogP contribution in [0.25, 0.3) is 0 Å². The van der Waals surface area contributed by atoms with Crippen LogP contribution in [0.1, 0.15) is 29.5 Å². The van der Waals surface area contributed by atoms with Gasteiger partial charge in [0.25, 0.3) is 0 Å². The van der Waals surface area contributed by atoms with Gasteiger partial charge >= 0.3 is 5.97 Å². The van der Waals surface area contributed by atoms with Gasteiger partial charge in [0, 0.05) is 5.69 Å². The van der Waals surface area contributed by atoms with Crippen LogP contribution in [0.5, 0.6) is 0 Å². The van der Waals surface area contributed by atoms with Crippen molar-refractivity contribution in [2.75, 3.05) is 0 Å². The Morgan fingerprint density at radius 2 is 2.50 bits per heavy atom. The van der Waals surface area contributed by atoms with Gasteiger partial charge in [-0.3, -0.25) is 4.68 Å². The molecule has 0 spiro atoms. The first-order valence-corrected chi connectivity index (χ1v) is 4.60. The van der Waals surface area contributed by atoms with Crippen LogP contribution < -0.4 is 0 Å². The molecule has 0 saturated heterocycles. The summed E-state index contributed by atoms with van der Waals surface area (Å²) in [6, 6.07) is 1.62. The van der Waals surface area contributed by atoms with Crippen molar-refractivity contribution in [1.82, 2.24) is 9.78 Å². The zero-order valence-corrected chi connectivity index (χ0v) is 8.23. The number of carboxylic acid groups (broad SMARTS) is 1. The summed E-state index contributed by atoms with van der Waals surface area (Å²) in [6.07, 6.45) is 3.52. The average molecular weight is 194 g/mol. The van der Waals surface area contributed by atoms with Crippen LogP contribution in [0.2, 0.25) is 0 Å². The van der Waals surface area contributed by atoms with Gasteiger partial charge in [-0.05, 0) is 12.5 Å². The molecule has 0 atom stereocenters. The van der Waals surface area contributed by atoms with Crippen LogP contribution in [0.15, 0.2) is 18.7 Å². The van der Waals surface area contributed by atoms with E-state index in [9.17, 15) is 4.79 Å². The van der Waals surface area contributed by atoms with Crippen molar-refractivity contribution in [3.63, 3.8) is 0 Å². The number of aromatic carboxylic acids is 1. The van der Waals surface area contributed by atoms with Gasteiger partial charge < -0.3 is 5.11 Å². The smallest absolute Gasteiger partial charge is 0.356 e. The van der Waals surface area contributed by atoms with Crippen molar-refractivity contribution in [3.8, 4) is 0 Å². The van der Waals surface area contributed by atoms with Crippen molar-refractivity contribution in [3.05, 3.63) is 30.1 Å². The van der Waals surface area contributed by atoms with Gasteiger partial charge in [0.2, 0.25) is 0 Å². The van der Waals surface area contributed by atoms with Gasteiger partial charge in [-0.2, -0.15) is 5.10 Å². The molecule has 0 aliphatic rings. The van der Waals surface area contributed by atoms with Crippen LogP contribution in [-0.4, -0.2) is 20.9 Å². The summed E-state index contributed by atoms with van der Waals surface area (Å²) < 4.78 is 1.68.